The summed E-state index contributed by atoms with van der Waals surface area (Å²) in [7, 11) is 0. The fourth-order valence-electron chi connectivity index (χ4n) is 15.4. The van der Waals surface area contributed by atoms with Gasteiger partial charge in [-0.3, -0.25) is 4.79 Å². The van der Waals surface area contributed by atoms with E-state index in [2.05, 4.69) is 27.7 Å². The molecule has 73 heavy (non-hydrogen) atoms. The van der Waals surface area contributed by atoms with Crippen molar-refractivity contribution in [2.45, 2.75) is 246 Å². The molecule has 416 valence electrons. The number of carbonyl (C=O) groups excluding carboxylic acids is 1. The first-order chi connectivity index (χ1) is 34.4. The molecular formula is C51H80O22. The minimum atomic E-state index is -1.89. The van der Waals surface area contributed by atoms with Crippen LogP contribution in [0.2, 0.25) is 0 Å². The lowest BCUT2D eigenvalue weighted by molar-refractivity contribution is -0.394. The lowest BCUT2D eigenvalue weighted by Gasteiger charge is -2.55. The Hall–Kier alpha value is -1.43. The zero-order valence-electron chi connectivity index (χ0n) is 42.6. The van der Waals surface area contributed by atoms with Gasteiger partial charge >= 0.3 is 0 Å². The maximum atomic E-state index is 13.5. The molecule has 0 unspecified atom stereocenters. The number of ether oxygens (including phenoxy) is 10. The second-order valence-electron chi connectivity index (χ2n) is 23.9. The van der Waals surface area contributed by atoms with Crippen molar-refractivity contribution in [3.05, 3.63) is 11.1 Å². The first kappa shape index (κ1) is 54.9. The molecule has 6 aliphatic heterocycles. The first-order valence-corrected chi connectivity index (χ1v) is 26.6. The van der Waals surface area contributed by atoms with E-state index in [-0.39, 0.29) is 29.1 Å². The van der Waals surface area contributed by atoms with E-state index in [0.29, 0.717) is 50.2 Å². The van der Waals surface area contributed by atoms with Crippen LogP contribution in [-0.4, -0.2) is 222 Å². The highest BCUT2D eigenvalue weighted by molar-refractivity contribution is 5.78. The number of aldehydes is 1. The molecule has 10 rings (SSSR count). The summed E-state index contributed by atoms with van der Waals surface area (Å²) in [4.78, 5) is 13.5. The summed E-state index contributed by atoms with van der Waals surface area (Å²) >= 11 is 0. The van der Waals surface area contributed by atoms with Gasteiger partial charge in [0.2, 0.25) is 0 Å². The van der Waals surface area contributed by atoms with Crippen LogP contribution >= 0.6 is 0 Å². The Morgan fingerprint density at radius 3 is 1.79 bits per heavy atom. The molecule has 22 nitrogen and oxygen atoms in total. The summed E-state index contributed by atoms with van der Waals surface area (Å²) in [5, 5.41) is 122. The molecule has 0 aromatic rings. The maximum absolute atomic E-state index is 13.5. The van der Waals surface area contributed by atoms with Gasteiger partial charge in [-0.05, 0) is 100 Å². The van der Waals surface area contributed by atoms with Gasteiger partial charge in [-0.25, -0.2) is 0 Å². The molecule has 9 fully saturated rings. The zero-order chi connectivity index (χ0) is 52.6. The number of fused-ring (bicyclic) bond motifs is 7. The van der Waals surface area contributed by atoms with Crippen LogP contribution in [0.1, 0.15) is 99.8 Å². The van der Waals surface area contributed by atoms with Crippen LogP contribution in [-0.2, 0) is 52.2 Å². The maximum Gasteiger partial charge on any atom is 0.187 e. The summed E-state index contributed by atoms with van der Waals surface area (Å²) in [6.07, 6.45) is -25.7. The number of aliphatic hydroxyl groups is 11. The van der Waals surface area contributed by atoms with Gasteiger partial charge in [-0.15, -0.1) is 0 Å². The second-order valence-corrected chi connectivity index (χ2v) is 23.9. The Morgan fingerprint density at radius 2 is 1.21 bits per heavy atom. The molecule has 6 heterocycles. The quantitative estimate of drug-likeness (QED) is 0.110. The Balaban J connectivity index is 0.880. The van der Waals surface area contributed by atoms with E-state index in [9.17, 15) is 61.0 Å². The van der Waals surface area contributed by atoms with Gasteiger partial charge in [0.1, 0.15) is 91.2 Å². The third kappa shape index (κ3) is 8.59. The minimum Gasteiger partial charge on any atom is -0.394 e. The molecule has 0 aromatic carbocycles. The number of aliphatic hydroxyl groups excluding tert-OH is 10. The van der Waals surface area contributed by atoms with Crippen LogP contribution in [0, 0.1) is 40.4 Å². The van der Waals surface area contributed by atoms with Crippen LogP contribution in [0.15, 0.2) is 11.1 Å². The first-order valence-electron chi connectivity index (χ1n) is 26.6. The molecule has 1 spiro atoms. The van der Waals surface area contributed by atoms with E-state index in [0.717, 1.165) is 31.1 Å². The van der Waals surface area contributed by atoms with E-state index in [1.807, 2.05) is 0 Å². The summed E-state index contributed by atoms with van der Waals surface area (Å²) in [6, 6.07) is 0. The third-order valence-corrected chi connectivity index (χ3v) is 19.9. The Morgan fingerprint density at radius 1 is 0.616 bits per heavy atom. The summed E-state index contributed by atoms with van der Waals surface area (Å²) in [5.41, 5.74) is -0.443. The molecule has 6 saturated heterocycles. The van der Waals surface area contributed by atoms with E-state index >= 15 is 0 Å². The van der Waals surface area contributed by atoms with Gasteiger partial charge in [-0.2, -0.15) is 0 Å². The van der Waals surface area contributed by atoms with Crippen LogP contribution in [0.5, 0.6) is 0 Å². The minimum absolute atomic E-state index is 0.0473. The van der Waals surface area contributed by atoms with E-state index in [1.54, 1.807) is 0 Å². The monoisotopic (exact) mass is 1040 g/mol. The molecule has 0 aromatic heterocycles. The van der Waals surface area contributed by atoms with Crippen molar-refractivity contribution in [1.82, 2.24) is 0 Å². The fourth-order valence-corrected chi connectivity index (χ4v) is 15.4. The topological polar surface area (TPSA) is 332 Å². The smallest absolute Gasteiger partial charge is 0.187 e. The standard InChI is InChI=1S/C51H80O22/c1-19-8-13-50(64-18-19)23(5)51(63)30(73-50)15-28-31-25(16-52)27-14-24(9-11-48(27,6)26(31)10-12-49(28,51)7)68-47-43(72-45-38(60)35(57)33(55)21(3)66-45)40(62)42(29(17-53)69-47)71-46-39(61)36(58)41(22(4)67-46)70-44-37(59)34(56)32(54)20(2)65-44/h16,19-24,26,28-47,53-63H,8-15,17-18H2,1-7H3/t19-,20+,21+,22+,23-,24+,26+,28+,29-,30+,31-,32+,33+,34-,35-,36+,37-,38-,39-,40+,41+,42-,43-,44+,45+,46+,47-,48-,49+,50-,51-/m1/s1. The fraction of sp³-hybridized carbons (Fsp3) is 0.941. The van der Waals surface area contributed by atoms with Crippen LogP contribution in [0.3, 0.4) is 0 Å². The molecule has 0 radical (unpaired) electrons. The van der Waals surface area contributed by atoms with Gasteiger partial charge in [0.15, 0.2) is 30.9 Å². The number of allylic oxidation sites excluding steroid dienone is 1. The molecular weight excluding hydrogens is 965 g/mol. The highest BCUT2D eigenvalue weighted by Crippen LogP contribution is 2.74. The highest BCUT2D eigenvalue weighted by Gasteiger charge is 2.77. The molecule has 0 bridgehead atoms. The number of carbonyl (C=O) groups is 1. The van der Waals surface area contributed by atoms with Gasteiger partial charge in [0.25, 0.3) is 0 Å². The third-order valence-electron chi connectivity index (χ3n) is 19.9. The van der Waals surface area contributed by atoms with E-state index in [1.165, 1.54) is 20.8 Å². The number of hydrogen-bond donors (Lipinski definition) is 11. The highest BCUT2D eigenvalue weighted by atomic mass is 16.8. The Bertz CT molecular complexity index is 2020. The van der Waals surface area contributed by atoms with Crippen molar-refractivity contribution in [2.24, 2.45) is 40.4 Å². The molecule has 0 amide bonds. The predicted molar refractivity (Wildman–Crippen MR) is 246 cm³/mol. The predicted octanol–water partition coefficient (Wildman–Crippen LogP) is -1.61. The molecule has 4 aliphatic carbocycles. The summed E-state index contributed by atoms with van der Waals surface area (Å²) in [5.74, 6) is -0.793. The summed E-state index contributed by atoms with van der Waals surface area (Å²) in [6.45, 7) is 12.8. The van der Waals surface area contributed by atoms with E-state index in [4.69, 9.17) is 47.4 Å². The number of rotatable bonds is 10. The molecule has 31 atom stereocenters. The molecule has 10 aliphatic rings. The largest absolute Gasteiger partial charge is 0.394 e. The van der Waals surface area contributed by atoms with Crippen LogP contribution in [0.4, 0.5) is 0 Å². The van der Waals surface area contributed by atoms with Crippen molar-refractivity contribution in [2.75, 3.05) is 13.2 Å². The average molecular weight is 1050 g/mol. The van der Waals surface area contributed by atoms with Gasteiger partial charge in [0, 0.05) is 17.8 Å². The van der Waals surface area contributed by atoms with Crippen molar-refractivity contribution >= 4 is 6.29 Å². The Kier molecular flexibility index (Phi) is 15.1. The van der Waals surface area contributed by atoms with Crippen molar-refractivity contribution in [3.8, 4) is 0 Å². The Labute approximate surface area is 424 Å². The van der Waals surface area contributed by atoms with Gasteiger partial charge in [0.05, 0.1) is 43.7 Å². The van der Waals surface area contributed by atoms with Crippen molar-refractivity contribution < 1.29 is 108 Å². The van der Waals surface area contributed by atoms with Crippen molar-refractivity contribution in [1.29, 1.82) is 0 Å². The SMILES string of the molecule is C[C@@H]1CC[C@@]2(OC1)O[C@H]1C[C@H]3[C@@H]4C(C=O)=C5C[C@@H](O[C@@H]6O[C@H](CO)[C@@H](O[C@@H]7O[C@@H](C)[C@H](O[C@@H]8O[C@@H](C)[C@H](O)[C@@H](O)[C@H]8O)[C@@H](O)[C@H]7O)[C@H](O)[C@H]6O[C@@H]6O[C@@H](C)[C@H](O)[C@@H](O)[C@H]6O)CC[C@]5(C)[C@H]4CC[C@]3(C)[C@@]1(O)[C@@H]2C. The molecule has 22 heteroatoms. The van der Waals surface area contributed by atoms with Crippen LogP contribution < -0.4 is 0 Å². The lowest BCUT2D eigenvalue weighted by atomic mass is 9.51. The average Bonchev–Trinajstić information content (AvgIpc) is 3.84. The summed E-state index contributed by atoms with van der Waals surface area (Å²) < 4.78 is 61.8. The lowest BCUT2D eigenvalue weighted by Crippen LogP contribution is -2.67. The molecule has 11 N–H and O–H groups in total. The van der Waals surface area contributed by atoms with Crippen LogP contribution in [0.25, 0.3) is 0 Å². The van der Waals surface area contributed by atoms with Crippen molar-refractivity contribution in [3.63, 3.8) is 0 Å². The van der Waals surface area contributed by atoms with E-state index < -0.39 is 158 Å². The molecule has 3 saturated carbocycles. The zero-order valence-corrected chi connectivity index (χ0v) is 42.6. The normalized spacial score (nSPS) is 58.1. The van der Waals surface area contributed by atoms with Gasteiger partial charge < -0.3 is 104 Å². The van der Waals surface area contributed by atoms with Gasteiger partial charge in [-0.1, -0.05) is 33.3 Å². The second kappa shape index (κ2) is 20.0. The number of hydrogen-bond acceptors (Lipinski definition) is 22.